The van der Waals surface area contributed by atoms with Gasteiger partial charge in [-0.15, -0.1) is 0 Å². The Morgan fingerprint density at radius 1 is 1.00 bits per heavy atom. The molecule has 1 aromatic carbocycles. The molecule has 5 fully saturated rings. The molecule has 5 aliphatic rings. The molecule has 0 radical (unpaired) electrons. The van der Waals surface area contributed by atoms with Crippen molar-refractivity contribution in [2.24, 2.45) is 58.2 Å². The predicted molar refractivity (Wildman–Crippen MR) is 157 cm³/mol. The minimum atomic E-state index is -0.417. The summed E-state index contributed by atoms with van der Waals surface area (Å²) >= 11 is 0. The van der Waals surface area contributed by atoms with E-state index in [-0.39, 0.29) is 12.1 Å². The van der Waals surface area contributed by atoms with Crippen molar-refractivity contribution in [2.75, 3.05) is 0 Å². The Morgan fingerprint density at radius 2 is 1.72 bits per heavy atom. The van der Waals surface area contributed by atoms with Crippen LogP contribution >= 0.6 is 0 Å². The van der Waals surface area contributed by atoms with E-state index in [1.807, 2.05) is 30.3 Å². The fraction of sp³-hybridized carbons (Fsp3) is 0.806. The van der Waals surface area contributed by atoms with Gasteiger partial charge >= 0.3 is 5.97 Å². The average Bonchev–Trinajstić information content (AvgIpc) is 3.51. The van der Waals surface area contributed by atoms with Crippen LogP contribution in [0.15, 0.2) is 30.3 Å². The van der Waals surface area contributed by atoms with Crippen molar-refractivity contribution in [3.05, 3.63) is 35.9 Å². The maximum absolute atomic E-state index is 13.2. The van der Waals surface area contributed by atoms with Crippen molar-refractivity contribution in [2.45, 2.75) is 123 Å². The van der Waals surface area contributed by atoms with Crippen molar-refractivity contribution >= 4 is 5.97 Å². The summed E-state index contributed by atoms with van der Waals surface area (Å²) in [6, 6.07) is 9.61. The van der Waals surface area contributed by atoms with Gasteiger partial charge in [-0.05, 0) is 147 Å². The molecule has 3 heteroatoms. The van der Waals surface area contributed by atoms with Crippen LogP contribution in [0.5, 0.6) is 0 Å². The van der Waals surface area contributed by atoms with Crippen LogP contribution in [-0.4, -0.2) is 22.8 Å². The molecular formula is C36H54O3. The van der Waals surface area contributed by atoms with Crippen LogP contribution in [0.2, 0.25) is 0 Å². The summed E-state index contributed by atoms with van der Waals surface area (Å²) in [4.78, 5) is 13.2. The Bertz CT molecular complexity index is 1040. The molecule has 0 aliphatic heterocycles. The molecule has 0 spiro atoms. The van der Waals surface area contributed by atoms with E-state index in [9.17, 15) is 9.90 Å². The Hall–Kier alpha value is -1.35. The Balaban J connectivity index is 1.19. The van der Waals surface area contributed by atoms with Crippen LogP contribution in [0.3, 0.4) is 0 Å². The van der Waals surface area contributed by atoms with Crippen LogP contribution in [-0.2, 0) is 4.74 Å². The first-order chi connectivity index (χ1) is 18.6. The summed E-state index contributed by atoms with van der Waals surface area (Å²) < 4.78 is 6.40. The van der Waals surface area contributed by atoms with Crippen molar-refractivity contribution in [3.63, 3.8) is 0 Å². The monoisotopic (exact) mass is 534 g/mol. The molecule has 0 unspecified atom stereocenters. The molecule has 216 valence electrons. The molecular weight excluding hydrogens is 480 g/mol. The SMILES string of the molecule is CC[C@]1(O)CC[C@@]2(C)[C@@H](CC[C@@H]3[C@@H]2CC[C@]2(C)[C@@H]([C@H](C)[C@@H](C[C@H]4C[C@@H]4C)OC(=O)c4ccccc4)CC[C@@H]32)C1. The normalized spacial score (nSPS) is 46.4. The Morgan fingerprint density at radius 3 is 2.41 bits per heavy atom. The quantitative estimate of drug-likeness (QED) is 0.356. The molecule has 39 heavy (non-hydrogen) atoms. The van der Waals surface area contributed by atoms with Gasteiger partial charge in [-0.3, -0.25) is 0 Å². The van der Waals surface area contributed by atoms with Gasteiger partial charge in [0.05, 0.1) is 11.2 Å². The Kier molecular flexibility index (Phi) is 7.26. The van der Waals surface area contributed by atoms with Crippen molar-refractivity contribution < 1.29 is 14.6 Å². The van der Waals surface area contributed by atoms with Gasteiger partial charge in [0.15, 0.2) is 0 Å². The standard InChI is InChI=1S/C36H54O3/c1-6-36(38)19-18-34(4)27(22-36)12-13-28-30-15-14-29(35(30,5)17-16-31(28)34)24(3)32(21-26-20-23(26)2)39-33(37)25-10-8-7-9-11-25/h7-11,23-24,26-32,38H,6,12-22H2,1-5H3/t23-,24-,26+,27-,28-,29+,30-,31-,32+,34-,35+,36-/m0/s1. The topological polar surface area (TPSA) is 46.5 Å². The summed E-state index contributed by atoms with van der Waals surface area (Å²) in [5.74, 6) is 5.54. The number of hydrogen-bond donors (Lipinski definition) is 1. The third-order valence-electron chi connectivity index (χ3n) is 13.9. The second-order valence-electron chi connectivity index (χ2n) is 15.5. The lowest BCUT2D eigenvalue weighted by molar-refractivity contribution is -0.154. The maximum Gasteiger partial charge on any atom is 0.338 e. The number of hydrogen-bond acceptors (Lipinski definition) is 3. The zero-order valence-electron chi connectivity index (χ0n) is 25.3. The molecule has 0 amide bonds. The largest absolute Gasteiger partial charge is 0.458 e. The maximum atomic E-state index is 13.2. The number of esters is 1. The van der Waals surface area contributed by atoms with Crippen LogP contribution in [0, 0.1) is 58.2 Å². The molecule has 0 aromatic heterocycles. The highest BCUT2D eigenvalue weighted by Crippen LogP contribution is 2.69. The third-order valence-corrected chi connectivity index (χ3v) is 13.9. The van der Waals surface area contributed by atoms with Gasteiger partial charge in [-0.1, -0.05) is 52.8 Å². The number of benzene rings is 1. The minimum absolute atomic E-state index is 0.0178. The number of fused-ring (bicyclic) bond motifs is 5. The zero-order chi connectivity index (χ0) is 27.6. The summed E-state index contributed by atoms with van der Waals surface area (Å²) in [6.45, 7) is 12.2. The van der Waals surface area contributed by atoms with E-state index in [0.29, 0.717) is 40.1 Å². The van der Waals surface area contributed by atoms with E-state index in [4.69, 9.17) is 4.74 Å². The molecule has 5 saturated carbocycles. The first kappa shape index (κ1) is 27.8. The van der Waals surface area contributed by atoms with Gasteiger partial charge in [0, 0.05) is 0 Å². The lowest BCUT2D eigenvalue weighted by Crippen LogP contribution is -2.56. The fourth-order valence-corrected chi connectivity index (χ4v) is 11.0. The molecule has 12 atom stereocenters. The molecule has 1 aromatic rings. The van der Waals surface area contributed by atoms with Crippen LogP contribution in [0.4, 0.5) is 0 Å². The van der Waals surface area contributed by atoms with E-state index in [0.717, 1.165) is 49.4 Å². The summed E-state index contributed by atoms with van der Waals surface area (Å²) in [6.07, 6.45) is 14.5. The van der Waals surface area contributed by atoms with Crippen LogP contribution < -0.4 is 0 Å². The van der Waals surface area contributed by atoms with Gasteiger partial charge in [-0.25, -0.2) is 4.79 Å². The van der Waals surface area contributed by atoms with E-state index in [1.165, 1.54) is 51.4 Å². The van der Waals surface area contributed by atoms with E-state index in [1.54, 1.807) is 0 Å². The molecule has 1 N–H and O–H groups in total. The van der Waals surface area contributed by atoms with Gasteiger partial charge in [0.25, 0.3) is 0 Å². The second kappa shape index (κ2) is 10.2. The van der Waals surface area contributed by atoms with E-state index in [2.05, 4.69) is 34.6 Å². The van der Waals surface area contributed by atoms with Crippen LogP contribution in [0.25, 0.3) is 0 Å². The Labute approximate surface area is 237 Å². The summed E-state index contributed by atoms with van der Waals surface area (Å²) in [5.41, 5.74) is 1.03. The average molecular weight is 535 g/mol. The number of rotatable bonds is 7. The predicted octanol–water partition coefficient (Wildman–Crippen LogP) is 8.69. The van der Waals surface area contributed by atoms with E-state index >= 15 is 0 Å². The lowest BCUT2D eigenvalue weighted by atomic mass is 9.43. The first-order valence-corrected chi connectivity index (χ1v) is 16.6. The third kappa shape index (κ3) is 4.81. The fourth-order valence-electron chi connectivity index (χ4n) is 11.0. The lowest BCUT2D eigenvalue weighted by Gasteiger charge is -2.62. The highest BCUT2D eigenvalue weighted by atomic mass is 16.5. The van der Waals surface area contributed by atoms with Crippen LogP contribution in [0.1, 0.15) is 122 Å². The zero-order valence-corrected chi connectivity index (χ0v) is 25.3. The minimum Gasteiger partial charge on any atom is -0.458 e. The smallest absolute Gasteiger partial charge is 0.338 e. The molecule has 0 saturated heterocycles. The number of carbonyl (C=O) groups is 1. The van der Waals surface area contributed by atoms with E-state index < -0.39 is 5.60 Å². The number of aliphatic hydroxyl groups is 1. The number of carbonyl (C=O) groups excluding carboxylic acids is 1. The molecule has 3 nitrogen and oxygen atoms in total. The van der Waals surface area contributed by atoms with Gasteiger partial charge in [-0.2, -0.15) is 0 Å². The van der Waals surface area contributed by atoms with Gasteiger partial charge in [0.1, 0.15) is 6.10 Å². The highest BCUT2D eigenvalue weighted by molar-refractivity contribution is 5.89. The highest BCUT2D eigenvalue weighted by Gasteiger charge is 2.62. The molecule has 5 aliphatic carbocycles. The summed E-state index contributed by atoms with van der Waals surface area (Å²) in [5, 5.41) is 11.2. The van der Waals surface area contributed by atoms with Crippen molar-refractivity contribution in [3.8, 4) is 0 Å². The van der Waals surface area contributed by atoms with Gasteiger partial charge in [0.2, 0.25) is 0 Å². The number of ether oxygens (including phenoxy) is 1. The molecule has 6 rings (SSSR count). The summed E-state index contributed by atoms with van der Waals surface area (Å²) in [7, 11) is 0. The first-order valence-electron chi connectivity index (χ1n) is 16.6. The van der Waals surface area contributed by atoms with Gasteiger partial charge < -0.3 is 9.84 Å². The van der Waals surface area contributed by atoms with Crippen molar-refractivity contribution in [1.82, 2.24) is 0 Å². The second-order valence-corrected chi connectivity index (χ2v) is 15.5. The van der Waals surface area contributed by atoms with Crippen molar-refractivity contribution in [1.29, 1.82) is 0 Å². The molecule has 0 bridgehead atoms. The molecule has 0 heterocycles.